The highest BCUT2D eigenvalue weighted by Gasteiger charge is 2.39. The molecule has 1 amide bonds. The number of carbonyl (C=O) groups is 1. The molecule has 0 unspecified atom stereocenters. The number of nitrogens with one attached hydrogen (secondary N) is 1. The van der Waals surface area contributed by atoms with Gasteiger partial charge in [0.1, 0.15) is 5.82 Å². The lowest BCUT2D eigenvalue weighted by molar-refractivity contribution is -0.117. The van der Waals surface area contributed by atoms with E-state index in [9.17, 15) is 4.79 Å². The number of hydrogen-bond donors (Lipinski definition) is 1. The normalized spacial score (nSPS) is 24.2. The highest BCUT2D eigenvalue weighted by atomic mass is 16.5. The Morgan fingerprint density at radius 1 is 1.09 bits per heavy atom. The number of aryl methyl sites for hydroxylation is 1. The van der Waals surface area contributed by atoms with E-state index in [4.69, 9.17) is 14.8 Å². The summed E-state index contributed by atoms with van der Waals surface area (Å²) in [5, 5.41) is 9.59. The van der Waals surface area contributed by atoms with E-state index < -0.39 is 0 Å². The van der Waals surface area contributed by atoms with Crippen molar-refractivity contribution in [3.8, 4) is 11.4 Å². The molecule has 0 aromatic carbocycles. The molecular formula is C26H29N7O2. The zero-order valence-electron chi connectivity index (χ0n) is 20.4. The van der Waals surface area contributed by atoms with E-state index in [1.807, 2.05) is 29.8 Å². The fourth-order valence-electron chi connectivity index (χ4n) is 4.98. The molecule has 6 rings (SSSR count). The number of ether oxygens (including phenoxy) is 1. The van der Waals surface area contributed by atoms with Crippen LogP contribution in [0.2, 0.25) is 0 Å². The average Bonchev–Trinajstić information content (AvgIpc) is 3.41. The first-order valence-electron chi connectivity index (χ1n) is 12.2. The molecule has 5 heterocycles. The number of aromatic nitrogens is 5. The summed E-state index contributed by atoms with van der Waals surface area (Å²) in [7, 11) is 0. The first-order chi connectivity index (χ1) is 16.9. The summed E-state index contributed by atoms with van der Waals surface area (Å²) in [4.78, 5) is 28.6. The van der Waals surface area contributed by atoms with Crippen molar-refractivity contribution in [2.45, 2.75) is 46.3 Å². The molecule has 0 bridgehead atoms. The van der Waals surface area contributed by atoms with Crippen LogP contribution >= 0.6 is 0 Å². The van der Waals surface area contributed by atoms with Crippen molar-refractivity contribution in [2.24, 2.45) is 11.8 Å². The van der Waals surface area contributed by atoms with Crippen LogP contribution in [0.5, 0.6) is 0 Å². The zero-order chi connectivity index (χ0) is 24.3. The van der Waals surface area contributed by atoms with Gasteiger partial charge in [0.15, 0.2) is 11.5 Å². The minimum absolute atomic E-state index is 0.0295. The molecule has 1 N–H and O–H groups in total. The molecule has 180 valence electrons. The summed E-state index contributed by atoms with van der Waals surface area (Å²) in [5.41, 5.74) is 3.53. The first kappa shape index (κ1) is 21.9. The summed E-state index contributed by atoms with van der Waals surface area (Å²) in [6.45, 7) is 9.91. The maximum atomic E-state index is 12.5. The largest absolute Gasteiger partial charge is 0.372 e. The highest BCUT2D eigenvalue weighted by Crippen LogP contribution is 2.38. The van der Waals surface area contributed by atoms with Crippen LogP contribution in [0.3, 0.4) is 0 Å². The third-order valence-corrected chi connectivity index (χ3v) is 7.01. The van der Waals surface area contributed by atoms with Crippen molar-refractivity contribution in [1.82, 2.24) is 24.6 Å². The van der Waals surface area contributed by atoms with Gasteiger partial charge in [0.05, 0.1) is 24.1 Å². The van der Waals surface area contributed by atoms with Gasteiger partial charge < -0.3 is 15.0 Å². The highest BCUT2D eigenvalue weighted by molar-refractivity contribution is 6.00. The molecule has 1 saturated heterocycles. The van der Waals surface area contributed by atoms with Crippen molar-refractivity contribution in [2.75, 3.05) is 23.3 Å². The topological polar surface area (TPSA) is 97.5 Å². The molecule has 4 aromatic rings. The number of fused-ring (bicyclic) bond motifs is 2. The number of amides is 1. The van der Waals surface area contributed by atoms with Crippen LogP contribution in [0.4, 0.5) is 11.5 Å². The van der Waals surface area contributed by atoms with E-state index in [0.29, 0.717) is 17.6 Å². The van der Waals surface area contributed by atoms with Crippen molar-refractivity contribution < 1.29 is 9.53 Å². The maximum Gasteiger partial charge on any atom is 0.228 e. The van der Waals surface area contributed by atoms with Gasteiger partial charge in [0.2, 0.25) is 5.91 Å². The molecule has 35 heavy (non-hydrogen) atoms. The van der Waals surface area contributed by atoms with E-state index in [0.717, 1.165) is 52.9 Å². The fourth-order valence-corrected chi connectivity index (χ4v) is 4.98. The van der Waals surface area contributed by atoms with Gasteiger partial charge in [-0.05, 0) is 51.3 Å². The Balaban J connectivity index is 1.37. The molecular weight excluding hydrogens is 442 g/mol. The molecule has 1 aliphatic heterocycles. The predicted molar refractivity (Wildman–Crippen MR) is 134 cm³/mol. The van der Waals surface area contributed by atoms with Gasteiger partial charge in [-0.3, -0.25) is 9.78 Å². The van der Waals surface area contributed by atoms with Gasteiger partial charge in [-0.1, -0.05) is 6.92 Å². The van der Waals surface area contributed by atoms with Gasteiger partial charge >= 0.3 is 0 Å². The number of rotatable bonds is 4. The molecule has 1 saturated carbocycles. The second-order valence-corrected chi connectivity index (χ2v) is 9.97. The second kappa shape index (κ2) is 8.27. The van der Waals surface area contributed by atoms with E-state index in [2.05, 4.69) is 47.0 Å². The van der Waals surface area contributed by atoms with E-state index >= 15 is 0 Å². The molecule has 2 aliphatic rings. The summed E-state index contributed by atoms with van der Waals surface area (Å²) >= 11 is 0. The van der Waals surface area contributed by atoms with Crippen molar-refractivity contribution in [3.05, 3.63) is 42.5 Å². The van der Waals surface area contributed by atoms with Crippen LogP contribution in [-0.2, 0) is 9.53 Å². The van der Waals surface area contributed by atoms with Crippen LogP contribution in [0.25, 0.3) is 27.8 Å². The number of morpholine rings is 1. The third-order valence-electron chi connectivity index (χ3n) is 7.01. The van der Waals surface area contributed by atoms with Crippen LogP contribution in [0.1, 0.15) is 32.9 Å². The predicted octanol–water partition coefficient (Wildman–Crippen LogP) is 3.86. The smallest absolute Gasteiger partial charge is 0.228 e. The van der Waals surface area contributed by atoms with Gasteiger partial charge in [0.25, 0.3) is 0 Å². The minimum atomic E-state index is 0.0295. The van der Waals surface area contributed by atoms with Crippen molar-refractivity contribution in [1.29, 1.82) is 0 Å². The number of hydrogen-bond acceptors (Lipinski definition) is 7. The Morgan fingerprint density at radius 2 is 1.86 bits per heavy atom. The Hall–Kier alpha value is -3.59. The van der Waals surface area contributed by atoms with Gasteiger partial charge in [-0.25, -0.2) is 14.5 Å². The Kier molecular flexibility index (Phi) is 5.17. The average molecular weight is 472 g/mol. The summed E-state index contributed by atoms with van der Waals surface area (Å²) in [6.07, 6.45) is 6.87. The standard InChI is InChI=1S/C26H29N7O2/c1-14-7-19(14)26(34)29-23-8-20-21(9-28-23)17(4)27-10-22(20)25-30-24-6-5-18(13-33(24)31-25)32-11-15(2)35-16(3)12-32/h5-6,8-10,13-16,19H,7,11-12H2,1-4H3,(H,28,29,34)/t14-,15-,16+,19+/m1/s1. The van der Waals surface area contributed by atoms with Crippen LogP contribution in [0, 0.1) is 18.8 Å². The molecule has 1 aliphatic carbocycles. The number of nitrogens with zero attached hydrogens (tertiary/aromatic N) is 6. The Labute approximate surface area is 203 Å². The van der Waals surface area contributed by atoms with Crippen LogP contribution in [0.15, 0.2) is 36.8 Å². The zero-order valence-corrected chi connectivity index (χ0v) is 20.4. The van der Waals surface area contributed by atoms with Crippen molar-refractivity contribution >= 4 is 33.8 Å². The molecule has 9 nitrogen and oxygen atoms in total. The molecule has 9 heteroatoms. The second-order valence-electron chi connectivity index (χ2n) is 9.97. The molecule has 0 radical (unpaired) electrons. The van der Waals surface area contributed by atoms with Crippen molar-refractivity contribution in [3.63, 3.8) is 0 Å². The number of pyridine rings is 3. The molecule has 4 atom stereocenters. The number of carbonyl (C=O) groups excluding carboxylic acids is 1. The van der Waals surface area contributed by atoms with E-state index in [-0.39, 0.29) is 24.0 Å². The third kappa shape index (κ3) is 4.10. The van der Waals surface area contributed by atoms with Crippen LogP contribution < -0.4 is 10.2 Å². The van der Waals surface area contributed by atoms with E-state index in [1.54, 1.807) is 12.4 Å². The maximum absolute atomic E-state index is 12.5. The summed E-state index contributed by atoms with van der Waals surface area (Å²) in [6, 6.07) is 5.98. The molecule has 4 aromatic heterocycles. The Morgan fingerprint density at radius 3 is 2.60 bits per heavy atom. The monoisotopic (exact) mass is 471 g/mol. The first-order valence-corrected chi connectivity index (χ1v) is 12.2. The lowest BCUT2D eigenvalue weighted by Gasteiger charge is -2.36. The quantitative estimate of drug-likeness (QED) is 0.483. The lowest BCUT2D eigenvalue weighted by Crippen LogP contribution is -2.45. The number of anilines is 2. The van der Waals surface area contributed by atoms with E-state index in [1.165, 1.54) is 0 Å². The van der Waals surface area contributed by atoms with Gasteiger partial charge in [-0.2, -0.15) is 0 Å². The summed E-state index contributed by atoms with van der Waals surface area (Å²) in [5.74, 6) is 1.67. The summed E-state index contributed by atoms with van der Waals surface area (Å²) < 4.78 is 7.70. The van der Waals surface area contributed by atoms with Crippen LogP contribution in [-0.4, -0.2) is 55.8 Å². The molecule has 0 spiro atoms. The van der Waals surface area contributed by atoms with Gasteiger partial charge in [0, 0.05) is 53.4 Å². The molecule has 2 fully saturated rings. The van der Waals surface area contributed by atoms with Gasteiger partial charge in [-0.15, -0.1) is 5.10 Å². The Bertz CT molecular complexity index is 1440. The minimum Gasteiger partial charge on any atom is -0.372 e. The SMILES string of the molecule is Cc1ncc(-c2nc3ccc(N4C[C@@H](C)O[C@@H](C)C4)cn3n2)c2cc(NC(=O)[C@H]3C[C@H]3C)ncc12. The fraction of sp³-hybridized carbons (Fsp3) is 0.423. The lowest BCUT2D eigenvalue weighted by atomic mass is 10.1.